The molecular weight excluding hydrogens is 244 g/mol. The van der Waals surface area contributed by atoms with Crippen molar-refractivity contribution < 1.29 is 19.1 Å². The largest absolute Gasteiger partial charge is 0.428 e. The summed E-state index contributed by atoms with van der Waals surface area (Å²) in [5.41, 5.74) is 2.12. The van der Waals surface area contributed by atoms with Crippen molar-refractivity contribution in [1.82, 2.24) is 0 Å². The summed E-state index contributed by atoms with van der Waals surface area (Å²) in [6, 6.07) is 7.90. The van der Waals surface area contributed by atoms with Crippen LogP contribution in [0.4, 0.5) is 0 Å². The summed E-state index contributed by atoms with van der Waals surface area (Å²) in [6.07, 6.45) is 2.05. The van der Waals surface area contributed by atoms with E-state index in [2.05, 4.69) is 11.7 Å². The highest BCUT2D eigenvalue weighted by atomic mass is 16.7. The average molecular weight is 264 g/mol. The van der Waals surface area contributed by atoms with Crippen LogP contribution in [0.25, 0.3) is 0 Å². The molecule has 0 aromatic heterocycles. The van der Waals surface area contributed by atoms with Crippen LogP contribution >= 0.6 is 0 Å². The first-order chi connectivity index (χ1) is 9.04. The van der Waals surface area contributed by atoms with Gasteiger partial charge in [0.25, 0.3) is 0 Å². The van der Waals surface area contributed by atoms with E-state index in [1.54, 1.807) is 6.92 Å². The van der Waals surface area contributed by atoms with E-state index in [-0.39, 0.29) is 12.7 Å². The molecule has 0 aliphatic rings. The van der Waals surface area contributed by atoms with Crippen LogP contribution in [0.15, 0.2) is 24.3 Å². The second-order valence-corrected chi connectivity index (χ2v) is 4.43. The van der Waals surface area contributed by atoms with Gasteiger partial charge in [-0.25, -0.2) is 0 Å². The Kier molecular flexibility index (Phi) is 6.06. The van der Waals surface area contributed by atoms with E-state index >= 15 is 0 Å². The van der Waals surface area contributed by atoms with Crippen LogP contribution in [-0.2, 0) is 25.5 Å². The van der Waals surface area contributed by atoms with Crippen LogP contribution in [0.2, 0.25) is 0 Å². The molecule has 104 valence electrons. The topological polar surface area (TPSA) is 52.6 Å². The number of hydrogen-bond acceptors (Lipinski definition) is 4. The summed E-state index contributed by atoms with van der Waals surface area (Å²) in [4.78, 5) is 22.3. The summed E-state index contributed by atoms with van der Waals surface area (Å²) >= 11 is 0. The molecule has 19 heavy (non-hydrogen) atoms. The third-order valence-corrected chi connectivity index (χ3v) is 2.81. The number of carbonyl (C=O) groups is 2. The average Bonchev–Trinajstić information content (AvgIpc) is 2.38. The Hall–Kier alpha value is -1.84. The number of rotatable bonds is 6. The molecule has 1 aromatic rings. The van der Waals surface area contributed by atoms with Gasteiger partial charge in [0.05, 0.1) is 5.92 Å². The van der Waals surface area contributed by atoms with Crippen molar-refractivity contribution in [3.8, 4) is 0 Å². The zero-order valence-electron chi connectivity index (χ0n) is 11.6. The fourth-order valence-electron chi connectivity index (χ4n) is 1.74. The lowest BCUT2D eigenvalue weighted by molar-refractivity contribution is -0.166. The SMILES string of the molecule is CCCc1cccc(C(C)C(=O)OCOC(C)=O)c1. The highest BCUT2D eigenvalue weighted by Crippen LogP contribution is 2.19. The van der Waals surface area contributed by atoms with Crippen molar-refractivity contribution in [2.75, 3.05) is 6.79 Å². The molecule has 4 heteroatoms. The Labute approximate surface area is 113 Å². The molecule has 0 spiro atoms. The first-order valence-electron chi connectivity index (χ1n) is 6.43. The minimum absolute atomic E-state index is 0.326. The van der Waals surface area contributed by atoms with Crippen LogP contribution in [0.1, 0.15) is 44.2 Å². The molecule has 1 aromatic carbocycles. The van der Waals surface area contributed by atoms with E-state index < -0.39 is 11.9 Å². The quantitative estimate of drug-likeness (QED) is 0.585. The van der Waals surface area contributed by atoms with Gasteiger partial charge in [0, 0.05) is 6.92 Å². The highest BCUT2D eigenvalue weighted by Gasteiger charge is 2.17. The van der Waals surface area contributed by atoms with Crippen LogP contribution in [0.3, 0.4) is 0 Å². The predicted molar refractivity (Wildman–Crippen MR) is 71.6 cm³/mol. The number of hydrogen-bond donors (Lipinski definition) is 0. The van der Waals surface area contributed by atoms with Crippen molar-refractivity contribution in [3.63, 3.8) is 0 Å². The summed E-state index contributed by atoms with van der Waals surface area (Å²) in [6.45, 7) is 4.84. The minimum atomic E-state index is -0.467. The second-order valence-electron chi connectivity index (χ2n) is 4.43. The zero-order valence-corrected chi connectivity index (χ0v) is 11.6. The van der Waals surface area contributed by atoms with Crippen LogP contribution in [0, 0.1) is 0 Å². The Balaban J connectivity index is 2.60. The van der Waals surface area contributed by atoms with Gasteiger partial charge in [0.2, 0.25) is 6.79 Å². The lowest BCUT2D eigenvalue weighted by Gasteiger charge is -2.12. The van der Waals surface area contributed by atoms with Gasteiger partial charge in [-0.15, -0.1) is 0 Å². The van der Waals surface area contributed by atoms with Gasteiger partial charge in [-0.1, -0.05) is 37.6 Å². The summed E-state index contributed by atoms with van der Waals surface area (Å²) in [5.74, 6) is -1.23. The number of carbonyl (C=O) groups excluding carboxylic acids is 2. The predicted octanol–water partition coefficient (Wildman–Crippen LogP) is 2.81. The minimum Gasteiger partial charge on any atom is -0.428 e. The summed E-state index contributed by atoms with van der Waals surface area (Å²) in [7, 11) is 0. The molecule has 1 rings (SSSR count). The number of benzene rings is 1. The Morgan fingerprint density at radius 1 is 1.26 bits per heavy atom. The second kappa shape index (κ2) is 7.56. The lowest BCUT2D eigenvalue weighted by atomic mass is 9.98. The van der Waals surface area contributed by atoms with E-state index in [1.165, 1.54) is 12.5 Å². The maximum Gasteiger partial charge on any atom is 0.316 e. The van der Waals surface area contributed by atoms with Gasteiger partial charge in [-0.05, 0) is 24.5 Å². The van der Waals surface area contributed by atoms with E-state index in [4.69, 9.17) is 4.74 Å². The first-order valence-corrected chi connectivity index (χ1v) is 6.43. The van der Waals surface area contributed by atoms with Crippen LogP contribution in [0.5, 0.6) is 0 Å². The number of aryl methyl sites for hydroxylation is 1. The van der Waals surface area contributed by atoms with E-state index in [9.17, 15) is 9.59 Å². The molecule has 4 nitrogen and oxygen atoms in total. The first kappa shape index (κ1) is 15.2. The Morgan fingerprint density at radius 3 is 2.63 bits per heavy atom. The third kappa shape index (κ3) is 5.12. The fraction of sp³-hybridized carbons (Fsp3) is 0.467. The fourth-order valence-corrected chi connectivity index (χ4v) is 1.74. The Bertz CT molecular complexity index is 440. The molecule has 0 saturated carbocycles. The molecule has 0 amide bonds. The van der Waals surface area contributed by atoms with Crippen molar-refractivity contribution >= 4 is 11.9 Å². The molecule has 0 saturated heterocycles. The molecule has 0 radical (unpaired) electrons. The molecule has 0 bridgehead atoms. The summed E-state index contributed by atoms with van der Waals surface area (Å²) in [5, 5.41) is 0. The number of ether oxygens (including phenoxy) is 2. The van der Waals surface area contributed by atoms with Gasteiger partial charge in [-0.2, -0.15) is 0 Å². The maximum absolute atomic E-state index is 11.8. The lowest BCUT2D eigenvalue weighted by Crippen LogP contribution is -2.16. The van der Waals surface area contributed by atoms with Crippen molar-refractivity contribution in [2.24, 2.45) is 0 Å². The van der Waals surface area contributed by atoms with Gasteiger partial charge in [0.1, 0.15) is 0 Å². The highest BCUT2D eigenvalue weighted by molar-refractivity contribution is 5.77. The Morgan fingerprint density at radius 2 is 2.00 bits per heavy atom. The molecule has 0 heterocycles. The van der Waals surface area contributed by atoms with Gasteiger partial charge < -0.3 is 9.47 Å². The molecular formula is C15H20O4. The standard InChI is InChI=1S/C15H20O4/c1-4-6-13-7-5-8-14(9-13)11(2)15(17)19-10-18-12(3)16/h5,7-9,11H,4,6,10H2,1-3H3. The van der Waals surface area contributed by atoms with Crippen molar-refractivity contribution in [2.45, 2.75) is 39.5 Å². The normalized spacial score (nSPS) is 11.7. The molecule has 0 aliphatic heterocycles. The zero-order chi connectivity index (χ0) is 14.3. The molecule has 1 atom stereocenters. The van der Waals surface area contributed by atoms with Crippen molar-refractivity contribution in [3.05, 3.63) is 35.4 Å². The molecule has 0 N–H and O–H groups in total. The monoisotopic (exact) mass is 264 g/mol. The van der Waals surface area contributed by atoms with Crippen LogP contribution < -0.4 is 0 Å². The molecule has 0 fully saturated rings. The molecule has 1 unspecified atom stereocenters. The van der Waals surface area contributed by atoms with Gasteiger partial charge in [-0.3, -0.25) is 9.59 Å². The summed E-state index contributed by atoms with van der Waals surface area (Å²) < 4.78 is 9.47. The van der Waals surface area contributed by atoms with Gasteiger partial charge in [0.15, 0.2) is 0 Å². The van der Waals surface area contributed by atoms with E-state index in [1.807, 2.05) is 24.3 Å². The van der Waals surface area contributed by atoms with E-state index in [0.29, 0.717) is 0 Å². The van der Waals surface area contributed by atoms with Gasteiger partial charge >= 0.3 is 11.9 Å². The van der Waals surface area contributed by atoms with Crippen LogP contribution in [-0.4, -0.2) is 18.7 Å². The third-order valence-electron chi connectivity index (χ3n) is 2.81. The maximum atomic E-state index is 11.8. The molecule has 0 aliphatic carbocycles. The smallest absolute Gasteiger partial charge is 0.316 e. The van der Waals surface area contributed by atoms with Crippen molar-refractivity contribution in [1.29, 1.82) is 0 Å². The van der Waals surface area contributed by atoms with E-state index in [0.717, 1.165) is 18.4 Å². The number of esters is 2.